The molecule has 3 atom stereocenters. The van der Waals surface area contributed by atoms with Crippen LogP contribution in [0, 0.1) is 0 Å². The summed E-state index contributed by atoms with van der Waals surface area (Å²) in [6, 6.07) is 23.0. The van der Waals surface area contributed by atoms with Gasteiger partial charge in [-0.2, -0.15) is 10.2 Å². The third kappa shape index (κ3) is 8.46. The third-order valence-corrected chi connectivity index (χ3v) is 8.97. The molecule has 0 N–H and O–H groups in total. The maximum Gasteiger partial charge on any atom is 0.232 e. The van der Waals surface area contributed by atoms with Crippen molar-refractivity contribution in [2.75, 3.05) is 67.7 Å². The minimum Gasteiger partial charge on any atom is -0.491 e. The van der Waals surface area contributed by atoms with Gasteiger partial charge < -0.3 is 24.0 Å². The predicted octanol–water partition coefficient (Wildman–Crippen LogP) is 6.52. The lowest BCUT2D eigenvalue weighted by molar-refractivity contribution is -0.192. The van der Waals surface area contributed by atoms with Crippen LogP contribution in [0.5, 0.6) is 5.75 Å². The van der Waals surface area contributed by atoms with E-state index in [4.69, 9.17) is 14.2 Å². The highest BCUT2D eigenvalue weighted by atomic mass is 16.8. The van der Waals surface area contributed by atoms with Crippen LogP contribution in [0.1, 0.15) is 39.8 Å². The van der Waals surface area contributed by atoms with Gasteiger partial charge in [-0.3, -0.25) is 14.9 Å². The van der Waals surface area contributed by atoms with Crippen molar-refractivity contribution in [2.24, 2.45) is 10.2 Å². The first-order chi connectivity index (χ1) is 24.4. The highest BCUT2D eigenvalue weighted by Gasteiger charge is 2.45. The normalized spacial score (nSPS) is 21.0. The van der Waals surface area contributed by atoms with Gasteiger partial charge in [-0.25, -0.2) is 5.01 Å². The van der Waals surface area contributed by atoms with Gasteiger partial charge in [0.25, 0.3) is 0 Å². The highest BCUT2D eigenvalue weighted by molar-refractivity contribution is 5.85. The van der Waals surface area contributed by atoms with Gasteiger partial charge in [-0.05, 0) is 80.1 Å². The molecule has 0 bridgehead atoms. The maximum absolute atomic E-state index is 6.45. The molecule has 2 aromatic carbocycles. The van der Waals surface area contributed by atoms with Gasteiger partial charge >= 0.3 is 0 Å². The number of anilines is 3. The van der Waals surface area contributed by atoms with Crippen molar-refractivity contribution in [3.63, 3.8) is 0 Å². The molecule has 11 heteroatoms. The summed E-state index contributed by atoms with van der Waals surface area (Å²) in [7, 11) is 1.87. The van der Waals surface area contributed by atoms with E-state index in [0.29, 0.717) is 31.5 Å². The Hall–Kier alpha value is -4.87. The Balaban J connectivity index is 0.00000239. The summed E-state index contributed by atoms with van der Waals surface area (Å²) in [6.45, 7) is 21.2. The number of aromatic nitrogens is 1. The third-order valence-electron chi connectivity index (χ3n) is 8.97. The topological polar surface area (TPSA) is 81.5 Å². The summed E-state index contributed by atoms with van der Waals surface area (Å²) in [5.41, 5.74) is 4.18. The van der Waals surface area contributed by atoms with Crippen molar-refractivity contribution in [1.82, 2.24) is 15.0 Å². The van der Waals surface area contributed by atoms with Crippen molar-refractivity contribution in [1.29, 1.82) is 0 Å². The number of nitrogens with zero attached hydrogens (tertiary/aromatic N) is 8. The van der Waals surface area contributed by atoms with Crippen LogP contribution in [0.3, 0.4) is 0 Å². The number of likely N-dealkylation sites (N-methyl/N-ethyl adjacent to an activating group) is 1. The monoisotopic (exact) mass is 680 g/mol. The number of hydrazone groups is 2. The first-order valence-electron chi connectivity index (χ1n) is 17.6. The molecule has 0 radical (unpaired) electrons. The van der Waals surface area contributed by atoms with Gasteiger partial charge in [0.15, 0.2) is 0 Å². The standard InChI is InChI=1S/C37H46N8O3.C2H6/c1-6-19-39-41(5)27-37(36-10-8-9-20-38-36)47-26-35(48-37)25-46-34-17-15-32(16-18-34)43-23-21-42(22-24-43)31-11-13-33(14-12-31)44-28-40-45(30(44)4)29(3)7-2;1-2/h6,8-20,28-29,35H,1,4,7,21-27H2,2-3,5H3;1-2H3/b39-19-;. The van der Waals surface area contributed by atoms with Gasteiger partial charge in [0, 0.05) is 62.7 Å². The molecule has 3 aliphatic rings. The van der Waals surface area contributed by atoms with E-state index in [9.17, 15) is 0 Å². The molecule has 3 aromatic rings. The average Bonchev–Trinajstić information content (AvgIpc) is 3.78. The first-order valence-corrected chi connectivity index (χ1v) is 17.6. The smallest absolute Gasteiger partial charge is 0.232 e. The molecular weight excluding hydrogens is 628 g/mol. The molecule has 0 saturated carbocycles. The van der Waals surface area contributed by atoms with E-state index in [0.717, 1.165) is 49.9 Å². The number of hydrogen-bond donors (Lipinski definition) is 0. The Morgan fingerprint density at radius 1 is 1.00 bits per heavy atom. The lowest BCUT2D eigenvalue weighted by Gasteiger charge is -2.37. The van der Waals surface area contributed by atoms with Gasteiger partial charge in [-0.1, -0.05) is 40.0 Å². The summed E-state index contributed by atoms with van der Waals surface area (Å²) < 4.78 is 18.8. The molecule has 4 heterocycles. The van der Waals surface area contributed by atoms with E-state index in [-0.39, 0.29) is 6.10 Å². The zero-order valence-electron chi connectivity index (χ0n) is 30.2. The number of rotatable bonds is 13. The van der Waals surface area contributed by atoms with E-state index in [1.165, 1.54) is 11.4 Å². The van der Waals surface area contributed by atoms with Crippen LogP contribution < -0.4 is 19.4 Å². The molecule has 6 rings (SSSR count). The number of allylic oxidation sites excluding steroid dienone is 1. The van der Waals surface area contributed by atoms with Crippen LogP contribution in [-0.4, -0.2) is 92.7 Å². The van der Waals surface area contributed by atoms with Crippen LogP contribution in [0.25, 0.3) is 0 Å². The SMILES string of the molecule is C=C/C=N\N(C)CC1(c2ccccn2)OCC(COc2ccc(N3CCN(c4ccc(N5C=NN(C(C)CC)C5=C)cc4)CC3)cc2)O1.CC. The Kier molecular flexibility index (Phi) is 12.5. The number of hydrogen-bond acceptors (Lipinski definition) is 11. The van der Waals surface area contributed by atoms with Crippen molar-refractivity contribution in [3.05, 3.63) is 104 Å². The zero-order chi connectivity index (χ0) is 35.5. The molecule has 3 aliphatic heterocycles. The number of ether oxygens (including phenoxy) is 3. The fourth-order valence-electron chi connectivity index (χ4n) is 6.13. The van der Waals surface area contributed by atoms with E-state index in [2.05, 4.69) is 88.4 Å². The average molecular weight is 681 g/mol. The molecule has 2 saturated heterocycles. The maximum atomic E-state index is 6.45. The lowest BCUT2D eigenvalue weighted by Crippen LogP contribution is -2.46. The van der Waals surface area contributed by atoms with Gasteiger partial charge in [-0.15, -0.1) is 0 Å². The van der Waals surface area contributed by atoms with Crippen LogP contribution in [0.4, 0.5) is 17.1 Å². The predicted molar refractivity (Wildman–Crippen MR) is 204 cm³/mol. The molecule has 0 amide bonds. The Labute approximate surface area is 297 Å². The van der Waals surface area contributed by atoms with Gasteiger partial charge in [0.2, 0.25) is 5.79 Å². The summed E-state index contributed by atoms with van der Waals surface area (Å²) in [4.78, 5) is 11.4. The van der Waals surface area contributed by atoms with Crippen LogP contribution in [0.15, 0.2) is 108 Å². The second-order valence-electron chi connectivity index (χ2n) is 12.2. The summed E-state index contributed by atoms with van der Waals surface area (Å²) in [5.74, 6) is 0.644. The van der Waals surface area contributed by atoms with E-state index in [1.54, 1.807) is 23.5 Å². The van der Waals surface area contributed by atoms with Crippen LogP contribution in [0.2, 0.25) is 0 Å². The van der Waals surface area contributed by atoms with Gasteiger partial charge in [0.1, 0.15) is 36.3 Å². The molecule has 2 fully saturated rings. The molecule has 0 spiro atoms. The number of piperazine rings is 1. The molecular formula is C39H52N8O3. The molecule has 0 aliphatic carbocycles. The Bertz CT molecular complexity index is 1580. The Morgan fingerprint density at radius 3 is 2.24 bits per heavy atom. The first kappa shape index (κ1) is 36.4. The van der Waals surface area contributed by atoms with Gasteiger partial charge in [0.05, 0.1) is 19.2 Å². The van der Waals surface area contributed by atoms with E-state index < -0.39 is 5.79 Å². The van der Waals surface area contributed by atoms with Crippen molar-refractivity contribution in [2.45, 2.75) is 52.0 Å². The second kappa shape index (κ2) is 17.2. The summed E-state index contributed by atoms with van der Waals surface area (Å²) >= 11 is 0. The summed E-state index contributed by atoms with van der Waals surface area (Å²) in [5, 5.41) is 12.6. The summed E-state index contributed by atoms with van der Waals surface area (Å²) in [6.07, 6.45) is 7.61. The Morgan fingerprint density at radius 2 is 1.64 bits per heavy atom. The van der Waals surface area contributed by atoms with Crippen molar-refractivity contribution >= 4 is 29.6 Å². The number of benzene rings is 2. The molecule has 266 valence electrons. The van der Waals surface area contributed by atoms with Crippen LogP contribution >= 0.6 is 0 Å². The van der Waals surface area contributed by atoms with Crippen molar-refractivity contribution in [3.8, 4) is 5.75 Å². The second-order valence-corrected chi connectivity index (χ2v) is 12.2. The fraction of sp³-hybridized carbons (Fsp3) is 0.410. The quantitative estimate of drug-likeness (QED) is 0.148. The molecule has 1 aromatic heterocycles. The van der Waals surface area contributed by atoms with E-state index >= 15 is 0 Å². The zero-order valence-corrected chi connectivity index (χ0v) is 30.2. The fourth-order valence-corrected chi connectivity index (χ4v) is 6.13. The number of pyridine rings is 1. The minimum absolute atomic E-state index is 0.257. The van der Waals surface area contributed by atoms with Crippen LogP contribution in [-0.2, 0) is 15.3 Å². The molecule has 11 nitrogen and oxygen atoms in total. The van der Waals surface area contributed by atoms with Crippen molar-refractivity contribution < 1.29 is 14.2 Å². The molecule has 3 unspecified atom stereocenters. The minimum atomic E-state index is -1.04. The lowest BCUT2D eigenvalue weighted by atomic mass is 10.1. The molecule has 50 heavy (non-hydrogen) atoms. The largest absolute Gasteiger partial charge is 0.491 e. The highest BCUT2D eigenvalue weighted by Crippen LogP contribution is 2.35. The van der Waals surface area contributed by atoms with E-state index in [1.807, 2.05) is 67.5 Å².